The number of nitrogens with one attached hydrogen (secondary N) is 1. The van der Waals surface area contributed by atoms with Crippen molar-refractivity contribution in [3.8, 4) is 0 Å². The first-order valence-electron chi connectivity index (χ1n) is 7.44. The molecule has 0 aromatic carbocycles. The number of hydrogen-bond donors (Lipinski definition) is 1. The van der Waals surface area contributed by atoms with Crippen molar-refractivity contribution in [1.82, 2.24) is 5.32 Å². The van der Waals surface area contributed by atoms with Crippen molar-refractivity contribution < 1.29 is 8.42 Å². The minimum atomic E-state index is -2.81. The van der Waals surface area contributed by atoms with Gasteiger partial charge < -0.3 is 5.32 Å². The average Bonchev–Trinajstić information content (AvgIpc) is 2.34. The molecule has 18 heavy (non-hydrogen) atoms. The van der Waals surface area contributed by atoms with Crippen molar-refractivity contribution in [2.75, 3.05) is 18.8 Å². The van der Waals surface area contributed by atoms with Crippen molar-refractivity contribution in [1.29, 1.82) is 0 Å². The molecule has 0 bridgehead atoms. The first-order valence-corrected chi connectivity index (χ1v) is 9.16. The molecule has 3 nitrogen and oxygen atoms in total. The van der Waals surface area contributed by atoms with Crippen LogP contribution in [0, 0.1) is 5.92 Å². The highest BCUT2D eigenvalue weighted by molar-refractivity contribution is 7.92. The molecule has 0 aliphatic heterocycles. The van der Waals surface area contributed by atoms with Crippen LogP contribution >= 0.6 is 0 Å². The maximum atomic E-state index is 12.1. The molecule has 0 unspecified atom stereocenters. The molecule has 108 valence electrons. The zero-order valence-corrected chi connectivity index (χ0v) is 12.8. The van der Waals surface area contributed by atoms with Gasteiger partial charge in [0.05, 0.1) is 11.0 Å². The van der Waals surface area contributed by atoms with Gasteiger partial charge >= 0.3 is 0 Å². The van der Waals surface area contributed by atoms with Gasteiger partial charge in [0.1, 0.15) is 0 Å². The van der Waals surface area contributed by atoms with E-state index in [9.17, 15) is 8.42 Å². The molecule has 1 rings (SSSR count). The Morgan fingerprint density at radius 2 is 1.78 bits per heavy atom. The van der Waals surface area contributed by atoms with E-state index in [2.05, 4.69) is 19.2 Å². The van der Waals surface area contributed by atoms with Gasteiger partial charge in [0.25, 0.3) is 0 Å². The second-order valence-corrected chi connectivity index (χ2v) is 8.33. The Labute approximate surface area is 113 Å². The second kappa shape index (κ2) is 8.16. The normalized spacial score (nSPS) is 18.4. The first kappa shape index (κ1) is 16.0. The molecular weight excluding hydrogens is 246 g/mol. The van der Waals surface area contributed by atoms with Crippen molar-refractivity contribution in [2.24, 2.45) is 5.92 Å². The predicted molar refractivity (Wildman–Crippen MR) is 77.6 cm³/mol. The summed E-state index contributed by atoms with van der Waals surface area (Å²) in [5.41, 5.74) is 0. The molecule has 1 saturated carbocycles. The Balaban J connectivity index is 2.13. The summed E-state index contributed by atoms with van der Waals surface area (Å²) in [5, 5.41) is 3.32. The molecule has 0 atom stereocenters. The SMILES string of the molecule is CC(C)CNCCCCS(=O)(=O)C1CCCCC1. The molecular formula is C14H29NO2S. The van der Waals surface area contributed by atoms with Crippen LogP contribution in [0.5, 0.6) is 0 Å². The van der Waals surface area contributed by atoms with E-state index in [-0.39, 0.29) is 5.25 Å². The number of unbranched alkanes of at least 4 members (excludes halogenated alkanes) is 1. The average molecular weight is 275 g/mol. The quantitative estimate of drug-likeness (QED) is 0.693. The van der Waals surface area contributed by atoms with Crippen LogP contribution in [0.4, 0.5) is 0 Å². The summed E-state index contributed by atoms with van der Waals surface area (Å²) in [5.74, 6) is 1.05. The topological polar surface area (TPSA) is 46.2 Å². The van der Waals surface area contributed by atoms with Crippen LogP contribution in [0.15, 0.2) is 0 Å². The van der Waals surface area contributed by atoms with Crippen molar-refractivity contribution in [3.63, 3.8) is 0 Å². The summed E-state index contributed by atoms with van der Waals surface area (Å²) in [7, 11) is -2.81. The minimum Gasteiger partial charge on any atom is -0.316 e. The third-order valence-electron chi connectivity index (χ3n) is 3.65. The van der Waals surface area contributed by atoms with Gasteiger partial charge in [-0.15, -0.1) is 0 Å². The molecule has 1 N–H and O–H groups in total. The molecule has 0 heterocycles. The lowest BCUT2D eigenvalue weighted by atomic mass is 10.0. The van der Waals surface area contributed by atoms with Gasteiger partial charge in [0.15, 0.2) is 9.84 Å². The van der Waals surface area contributed by atoms with Gasteiger partial charge in [0, 0.05) is 0 Å². The Kier molecular flexibility index (Phi) is 7.23. The second-order valence-electron chi connectivity index (χ2n) is 5.93. The van der Waals surface area contributed by atoms with Crippen LogP contribution < -0.4 is 5.32 Å². The van der Waals surface area contributed by atoms with Crippen LogP contribution in [-0.4, -0.2) is 32.5 Å². The van der Waals surface area contributed by atoms with Gasteiger partial charge in [-0.2, -0.15) is 0 Å². The fraction of sp³-hybridized carbons (Fsp3) is 1.00. The van der Waals surface area contributed by atoms with Crippen LogP contribution in [-0.2, 0) is 9.84 Å². The molecule has 0 aromatic rings. The zero-order valence-electron chi connectivity index (χ0n) is 12.0. The molecule has 4 heteroatoms. The van der Waals surface area contributed by atoms with Gasteiger partial charge in [-0.3, -0.25) is 0 Å². The van der Waals surface area contributed by atoms with E-state index in [0.29, 0.717) is 11.7 Å². The highest BCUT2D eigenvalue weighted by Crippen LogP contribution is 2.24. The predicted octanol–water partition coefficient (Wildman–Crippen LogP) is 2.76. The lowest BCUT2D eigenvalue weighted by molar-refractivity contribution is 0.481. The Morgan fingerprint density at radius 1 is 1.11 bits per heavy atom. The highest BCUT2D eigenvalue weighted by atomic mass is 32.2. The Morgan fingerprint density at radius 3 is 2.39 bits per heavy atom. The molecule has 1 fully saturated rings. The van der Waals surface area contributed by atoms with Crippen LogP contribution in [0.2, 0.25) is 0 Å². The summed E-state index contributed by atoms with van der Waals surface area (Å²) in [6, 6.07) is 0. The van der Waals surface area contributed by atoms with Crippen LogP contribution in [0.1, 0.15) is 58.8 Å². The standard InChI is InChI=1S/C14H29NO2S/c1-13(2)12-15-10-6-7-11-18(16,17)14-8-4-3-5-9-14/h13-15H,3-12H2,1-2H3. The minimum absolute atomic E-state index is 0.0325. The van der Waals surface area contributed by atoms with E-state index >= 15 is 0 Å². The first-order chi connectivity index (χ1) is 8.52. The summed E-state index contributed by atoms with van der Waals surface area (Å²) < 4.78 is 24.2. The molecule has 0 radical (unpaired) electrons. The summed E-state index contributed by atoms with van der Waals surface area (Å²) in [4.78, 5) is 0. The number of hydrogen-bond acceptors (Lipinski definition) is 3. The lowest BCUT2D eigenvalue weighted by Gasteiger charge is -2.21. The third kappa shape index (κ3) is 6.19. The molecule has 0 aromatic heterocycles. The maximum absolute atomic E-state index is 12.1. The van der Waals surface area contributed by atoms with E-state index in [4.69, 9.17) is 0 Å². The molecule has 0 spiro atoms. The summed E-state index contributed by atoms with van der Waals surface area (Å²) in [6.45, 7) is 6.33. The molecule has 1 aliphatic carbocycles. The van der Waals surface area contributed by atoms with Crippen molar-refractivity contribution in [3.05, 3.63) is 0 Å². The monoisotopic (exact) mass is 275 g/mol. The van der Waals surface area contributed by atoms with Crippen LogP contribution in [0.25, 0.3) is 0 Å². The molecule has 1 aliphatic rings. The molecule has 0 amide bonds. The van der Waals surface area contributed by atoms with Gasteiger partial charge in [-0.1, -0.05) is 33.1 Å². The van der Waals surface area contributed by atoms with E-state index < -0.39 is 9.84 Å². The van der Waals surface area contributed by atoms with E-state index in [1.54, 1.807) is 0 Å². The Bertz CT molecular complexity index is 306. The fourth-order valence-corrected chi connectivity index (χ4v) is 4.53. The fourth-order valence-electron chi connectivity index (χ4n) is 2.53. The third-order valence-corrected chi connectivity index (χ3v) is 5.99. The summed E-state index contributed by atoms with van der Waals surface area (Å²) >= 11 is 0. The zero-order chi connectivity index (χ0) is 13.4. The van der Waals surface area contributed by atoms with Crippen molar-refractivity contribution >= 4 is 9.84 Å². The van der Waals surface area contributed by atoms with Gasteiger partial charge in [-0.25, -0.2) is 8.42 Å². The largest absolute Gasteiger partial charge is 0.316 e. The Hall–Kier alpha value is -0.0900. The van der Waals surface area contributed by atoms with Gasteiger partial charge in [-0.05, 0) is 44.7 Å². The van der Waals surface area contributed by atoms with E-state index in [1.807, 2.05) is 0 Å². The number of rotatable bonds is 8. The van der Waals surface area contributed by atoms with Crippen LogP contribution in [0.3, 0.4) is 0 Å². The van der Waals surface area contributed by atoms with Gasteiger partial charge in [0.2, 0.25) is 0 Å². The summed E-state index contributed by atoms with van der Waals surface area (Å²) in [6.07, 6.45) is 6.98. The van der Waals surface area contributed by atoms with E-state index in [1.165, 1.54) is 6.42 Å². The molecule has 0 saturated heterocycles. The maximum Gasteiger partial charge on any atom is 0.153 e. The van der Waals surface area contributed by atoms with E-state index in [0.717, 1.165) is 51.6 Å². The van der Waals surface area contributed by atoms with Crippen molar-refractivity contribution in [2.45, 2.75) is 64.0 Å². The smallest absolute Gasteiger partial charge is 0.153 e. The number of sulfone groups is 1. The lowest BCUT2D eigenvalue weighted by Crippen LogP contribution is -2.27. The highest BCUT2D eigenvalue weighted by Gasteiger charge is 2.26.